The molecule has 0 unspecified atom stereocenters. The van der Waals surface area contributed by atoms with Gasteiger partial charge in [0.1, 0.15) is 19.0 Å². The summed E-state index contributed by atoms with van der Waals surface area (Å²) in [7, 11) is 0. The van der Waals surface area contributed by atoms with Crippen molar-refractivity contribution in [1.29, 1.82) is 0 Å². The standard InChI is InChI=1S/C24H29BrClN3O4/c1-2-31-22-15-17(16-27-29-24(30)28-19-6-4-3-5-7-19)14-21(26)23(22)33-13-12-32-20-10-8-18(25)9-11-20/h8-11,14-16,19H,2-7,12-13H2,1H3,(H2,28,29,30)/b27-16-. The fraction of sp³-hybridized carbons (Fsp3) is 0.417. The monoisotopic (exact) mass is 537 g/mol. The molecule has 0 heterocycles. The van der Waals surface area contributed by atoms with E-state index in [1.54, 1.807) is 12.1 Å². The van der Waals surface area contributed by atoms with Gasteiger partial charge in [-0.3, -0.25) is 0 Å². The van der Waals surface area contributed by atoms with E-state index in [1.165, 1.54) is 12.6 Å². The Balaban J connectivity index is 1.53. The number of carbonyl (C=O) groups is 1. The normalized spacial score (nSPS) is 14.2. The number of nitrogens with zero attached hydrogens (tertiary/aromatic N) is 1. The van der Waals surface area contributed by atoms with Crippen LogP contribution >= 0.6 is 27.5 Å². The molecule has 2 aromatic carbocycles. The molecular formula is C24H29BrClN3O4. The lowest BCUT2D eigenvalue weighted by atomic mass is 9.96. The van der Waals surface area contributed by atoms with Crippen LogP contribution in [-0.2, 0) is 0 Å². The number of hydrogen-bond acceptors (Lipinski definition) is 5. The molecule has 1 saturated carbocycles. The lowest BCUT2D eigenvalue weighted by molar-refractivity contribution is 0.208. The van der Waals surface area contributed by atoms with Crippen molar-refractivity contribution in [2.24, 2.45) is 5.10 Å². The van der Waals surface area contributed by atoms with E-state index in [2.05, 4.69) is 31.8 Å². The fourth-order valence-corrected chi connectivity index (χ4v) is 4.07. The summed E-state index contributed by atoms with van der Waals surface area (Å²) < 4.78 is 18.2. The number of hydrazone groups is 1. The summed E-state index contributed by atoms with van der Waals surface area (Å²) in [6.45, 7) is 2.98. The Hall–Kier alpha value is -2.45. The van der Waals surface area contributed by atoms with Gasteiger partial charge in [0.05, 0.1) is 17.8 Å². The number of benzene rings is 2. The molecule has 7 nitrogen and oxygen atoms in total. The largest absolute Gasteiger partial charge is 0.490 e. The number of hydrogen-bond donors (Lipinski definition) is 2. The van der Waals surface area contributed by atoms with E-state index >= 15 is 0 Å². The highest BCUT2D eigenvalue weighted by atomic mass is 79.9. The number of carbonyl (C=O) groups excluding carboxylic acids is 1. The van der Waals surface area contributed by atoms with E-state index in [1.807, 2.05) is 31.2 Å². The topological polar surface area (TPSA) is 81.2 Å². The highest BCUT2D eigenvalue weighted by Gasteiger charge is 2.15. The van der Waals surface area contributed by atoms with Gasteiger partial charge in [-0.05, 0) is 61.7 Å². The minimum atomic E-state index is -0.306. The maximum Gasteiger partial charge on any atom is 0.335 e. The molecule has 2 amide bonds. The van der Waals surface area contributed by atoms with E-state index < -0.39 is 0 Å². The quantitative estimate of drug-likeness (QED) is 0.223. The number of halogens is 2. The minimum Gasteiger partial charge on any atom is -0.490 e. The van der Waals surface area contributed by atoms with Crippen LogP contribution in [0.3, 0.4) is 0 Å². The van der Waals surface area contributed by atoms with Crippen molar-refractivity contribution in [3.8, 4) is 17.2 Å². The maximum atomic E-state index is 12.0. The highest BCUT2D eigenvalue weighted by Crippen LogP contribution is 2.36. The third-order valence-electron chi connectivity index (χ3n) is 5.06. The van der Waals surface area contributed by atoms with Gasteiger partial charge in [0, 0.05) is 10.5 Å². The summed E-state index contributed by atoms with van der Waals surface area (Å²) in [6, 6.07) is 11.0. The summed E-state index contributed by atoms with van der Waals surface area (Å²) in [5.74, 6) is 1.70. The predicted molar refractivity (Wildman–Crippen MR) is 134 cm³/mol. The smallest absolute Gasteiger partial charge is 0.335 e. The summed E-state index contributed by atoms with van der Waals surface area (Å²) in [5, 5.41) is 7.37. The molecule has 9 heteroatoms. The van der Waals surface area contributed by atoms with E-state index in [0.29, 0.717) is 41.9 Å². The van der Waals surface area contributed by atoms with Gasteiger partial charge in [-0.1, -0.05) is 46.8 Å². The van der Waals surface area contributed by atoms with Gasteiger partial charge in [0.25, 0.3) is 0 Å². The average Bonchev–Trinajstić information content (AvgIpc) is 2.80. The fourth-order valence-electron chi connectivity index (χ4n) is 3.53. The number of urea groups is 1. The van der Waals surface area contributed by atoms with Crippen LogP contribution < -0.4 is 25.0 Å². The van der Waals surface area contributed by atoms with Gasteiger partial charge < -0.3 is 19.5 Å². The Morgan fingerprint density at radius 2 is 1.85 bits per heavy atom. The van der Waals surface area contributed by atoms with E-state index in [-0.39, 0.29) is 12.1 Å². The Morgan fingerprint density at radius 3 is 2.58 bits per heavy atom. The average molecular weight is 539 g/mol. The van der Waals surface area contributed by atoms with Crippen LogP contribution in [-0.4, -0.2) is 38.1 Å². The number of nitrogens with one attached hydrogen (secondary N) is 2. The first-order chi connectivity index (χ1) is 16.0. The van der Waals surface area contributed by atoms with Gasteiger partial charge in [-0.25, -0.2) is 10.2 Å². The van der Waals surface area contributed by atoms with Crippen molar-refractivity contribution in [1.82, 2.24) is 10.7 Å². The van der Waals surface area contributed by atoms with Crippen LogP contribution in [0.4, 0.5) is 4.79 Å². The molecule has 1 fully saturated rings. The molecule has 1 aliphatic rings. The lowest BCUT2D eigenvalue weighted by Gasteiger charge is -2.22. The zero-order valence-electron chi connectivity index (χ0n) is 18.6. The number of amides is 2. The Bertz CT molecular complexity index is 934. The molecule has 0 radical (unpaired) electrons. The first kappa shape index (κ1) is 25.2. The van der Waals surface area contributed by atoms with E-state index in [4.69, 9.17) is 25.8 Å². The second-order valence-electron chi connectivity index (χ2n) is 7.59. The number of rotatable bonds is 10. The zero-order valence-corrected chi connectivity index (χ0v) is 21.0. The van der Waals surface area contributed by atoms with Gasteiger partial charge in [0.2, 0.25) is 0 Å². The van der Waals surface area contributed by atoms with Crippen LogP contribution in [0.15, 0.2) is 46.0 Å². The molecule has 0 saturated heterocycles. The molecule has 0 aromatic heterocycles. The van der Waals surface area contributed by atoms with Crippen molar-refractivity contribution in [2.75, 3.05) is 19.8 Å². The van der Waals surface area contributed by atoms with Crippen molar-refractivity contribution in [2.45, 2.75) is 45.1 Å². The van der Waals surface area contributed by atoms with Crippen LogP contribution in [0.5, 0.6) is 17.2 Å². The van der Waals surface area contributed by atoms with E-state index in [0.717, 1.165) is 35.9 Å². The summed E-state index contributed by atoms with van der Waals surface area (Å²) in [6.07, 6.45) is 7.09. The second kappa shape index (κ2) is 13.3. The first-order valence-corrected chi connectivity index (χ1v) is 12.3. The second-order valence-corrected chi connectivity index (χ2v) is 8.92. The number of ether oxygens (including phenoxy) is 3. The minimum absolute atomic E-state index is 0.220. The third-order valence-corrected chi connectivity index (χ3v) is 5.87. The zero-order chi connectivity index (χ0) is 23.5. The Labute approximate surface area is 208 Å². The molecule has 0 bridgehead atoms. The Kier molecular flexibility index (Phi) is 10.2. The van der Waals surface area contributed by atoms with Gasteiger partial charge in [0.15, 0.2) is 11.5 Å². The summed E-state index contributed by atoms with van der Waals surface area (Å²) in [5.41, 5.74) is 3.19. The van der Waals surface area contributed by atoms with E-state index in [9.17, 15) is 4.79 Å². The molecule has 0 spiro atoms. The molecule has 178 valence electrons. The predicted octanol–water partition coefficient (Wildman–Crippen LogP) is 5.92. The van der Waals surface area contributed by atoms with Crippen LogP contribution in [0.2, 0.25) is 5.02 Å². The van der Waals surface area contributed by atoms with Crippen molar-refractivity contribution in [3.05, 3.63) is 51.5 Å². The summed E-state index contributed by atoms with van der Waals surface area (Å²) >= 11 is 9.84. The van der Waals surface area contributed by atoms with Gasteiger partial charge in [-0.2, -0.15) is 5.10 Å². The highest BCUT2D eigenvalue weighted by molar-refractivity contribution is 9.10. The maximum absolute atomic E-state index is 12.0. The van der Waals surface area contributed by atoms with Crippen LogP contribution in [0, 0.1) is 0 Å². The first-order valence-electron chi connectivity index (χ1n) is 11.1. The van der Waals surface area contributed by atoms with Crippen LogP contribution in [0.1, 0.15) is 44.6 Å². The summed E-state index contributed by atoms with van der Waals surface area (Å²) in [4.78, 5) is 12.0. The molecule has 2 aromatic rings. The van der Waals surface area contributed by atoms with Gasteiger partial charge in [-0.15, -0.1) is 0 Å². The molecule has 2 N–H and O–H groups in total. The lowest BCUT2D eigenvalue weighted by Crippen LogP contribution is -2.41. The Morgan fingerprint density at radius 1 is 1.12 bits per heavy atom. The molecule has 33 heavy (non-hydrogen) atoms. The van der Waals surface area contributed by atoms with Crippen LogP contribution in [0.25, 0.3) is 0 Å². The molecular weight excluding hydrogens is 510 g/mol. The third kappa shape index (κ3) is 8.44. The molecule has 0 aliphatic heterocycles. The van der Waals surface area contributed by atoms with Crippen molar-refractivity contribution < 1.29 is 19.0 Å². The van der Waals surface area contributed by atoms with Crippen molar-refractivity contribution >= 4 is 39.8 Å². The molecule has 1 aliphatic carbocycles. The molecule has 0 atom stereocenters. The van der Waals surface area contributed by atoms with Crippen molar-refractivity contribution in [3.63, 3.8) is 0 Å². The SMILES string of the molecule is CCOc1cc(/C=N\NC(=O)NC2CCCCC2)cc(Cl)c1OCCOc1ccc(Br)cc1. The molecule has 3 rings (SSSR count). The van der Waals surface area contributed by atoms with Gasteiger partial charge >= 0.3 is 6.03 Å².